The molecule has 3 fully saturated rings. The minimum atomic E-state index is -0.629. The number of carbonyl (C=O) groups excluding carboxylic acids is 2. The highest BCUT2D eigenvalue weighted by molar-refractivity contribution is 6.35. The molecule has 130 valence electrons. The summed E-state index contributed by atoms with van der Waals surface area (Å²) >= 11 is 0. The van der Waals surface area contributed by atoms with Gasteiger partial charge in [0.2, 0.25) is 0 Å². The van der Waals surface area contributed by atoms with Gasteiger partial charge in [-0.15, -0.1) is 0 Å². The van der Waals surface area contributed by atoms with Gasteiger partial charge in [-0.2, -0.15) is 0 Å². The van der Waals surface area contributed by atoms with E-state index in [1.165, 1.54) is 6.42 Å². The van der Waals surface area contributed by atoms with E-state index in [4.69, 9.17) is 14.2 Å². The summed E-state index contributed by atoms with van der Waals surface area (Å²) in [7, 11) is 0. The third kappa shape index (κ3) is 4.43. The molecule has 0 radical (unpaired) electrons. The Balaban J connectivity index is 1.34. The normalized spacial score (nSPS) is 29.6. The summed E-state index contributed by atoms with van der Waals surface area (Å²) in [5.41, 5.74) is 0. The first kappa shape index (κ1) is 16.7. The number of hydrogen-bond acceptors (Lipinski definition) is 5. The highest BCUT2D eigenvalue weighted by atomic mass is 16.7. The molecule has 2 heterocycles. The molecule has 1 aliphatic carbocycles. The van der Waals surface area contributed by atoms with Crippen LogP contribution in [0.5, 0.6) is 0 Å². The minimum absolute atomic E-state index is 0.0319. The van der Waals surface area contributed by atoms with E-state index in [2.05, 4.69) is 10.6 Å². The molecule has 2 amide bonds. The summed E-state index contributed by atoms with van der Waals surface area (Å²) in [6.07, 6.45) is 7.08. The number of ether oxygens (including phenoxy) is 3. The molecule has 2 N–H and O–H groups in total. The van der Waals surface area contributed by atoms with E-state index >= 15 is 0 Å². The lowest BCUT2D eigenvalue weighted by Gasteiger charge is -2.31. The largest absolute Gasteiger partial charge is 0.376 e. The number of hydrogen-bond donors (Lipinski definition) is 2. The second-order valence-electron chi connectivity index (χ2n) is 6.58. The predicted octanol–water partition coefficient (Wildman–Crippen LogP) is 0.474. The topological polar surface area (TPSA) is 85.9 Å². The predicted molar refractivity (Wildman–Crippen MR) is 81.6 cm³/mol. The fourth-order valence-corrected chi connectivity index (χ4v) is 3.45. The van der Waals surface area contributed by atoms with Crippen LogP contribution in [0.2, 0.25) is 0 Å². The quantitative estimate of drug-likeness (QED) is 0.734. The molecule has 0 aromatic carbocycles. The first-order valence-electron chi connectivity index (χ1n) is 8.66. The van der Waals surface area contributed by atoms with Gasteiger partial charge in [-0.25, -0.2) is 0 Å². The molecule has 2 aliphatic heterocycles. The molecule has 2 unspecified atom stereocenters. The summed E-state index contributed by atoms with van der Waals surface area (Å²) in [6, 6.07) is 0. The molecule has 23 heavy (non-hydrogen) atoms. The molecule has 7 heteroatoms. The summed E-state index contributed by atoms with van der Waals surface area (Å²) < 4.78 is 17.2. The maximum Gasteiger partial charge on any atom is 0.309 e. The minimum Gasteiger partial charge on any atom is -0.376 e. The number of amides is 2. The molecule has 7 nitrogen and oxygen atoms in total. The van der Waals surface area contributed by atoms with Crippen molar-refractivity contribution >= 4 is 11.8 Å². The van der Waals surface area contributed by atoms with Gasteiger partial charge in [0.25, 0.3) is 0 Å². The Labute approximate surface area is 136 Å². The van der Waals surface area contributed by atoms with Crippen molar-refractivity contribution in [2.45, 2.75) is 62.9 Å². The summed E-state index contributed by atoms with van der Waals surface area (Å²) in [4.78, 5) is 23.6. The molecule has 1 spiro atoms. The zero-order chi connectivity index (χ0) is 16.1. The van der Waals surface area contributed by atoms with Crippen molar-refractivity contribution in [3.05, 3.63) is 0 Å². The van der Waals surface area contributed by atoms with E-state index in [-0.39, 0.29) is 12.2 Å². The Hall–Kier alpha value is -1.18. The monoisotopic (exact) mass is 326 g/mol. The molecule has 1 saturated carbocycles. The van der Waals surface area contributed by atoms with E-state index in [1.807, 2.05) is 0 Å². The molecule has 2 saturated heterocycles. The van der Waals surface area contributed by atoms with Crippen molar-refractivity contribution in [1.82, 2.24) is 10.6 Å². The van der Waals surface area contributed by atoms with Crippen molar-refractivity contribution < 1.29 is 23.8 Å². The Bertz CT molecular complexity index is 430. The first-order valence-corrected chi connectivity index (χ1v) is 8.66. The molecule has 0 aromatic rings. The zero-order valence-corrected chi connectivity index (χ0v) is 13.5. The Morgan fingerprint density at radius 1 is 0.957 bits per heavy atom. The lowest BCUT2D eigenvalue weighted by molar-refractivity contribution is -0.186. The van der Waals surface area contributed by atoms with Gasteiger partial charge in [0.1, 0.15) is 6.10 Å². The van der Waals surface area contributed by atoms with E-state index < -0.39 is 17.6 Å². The van der Waals surface area contributed by atoms with Gasteiger partial charge in [0, 0.05) is 32.5 Å². The highest BCUT2D eigenvalue weighted by Crippen LogP contribution is 2.37. The van der Waals surface area contributed by atoms with Crippen LogP contribution < -0.4 is 10.6 Å². The molecular formula is C16H26N2O5. The molecular weight excluding hydrogens is 300 g/mol. The number of carbonyl (C=O) groups is 2. The average molecular weight is 326 g/mol. The van der Waals surface area contributed by atoms with E-state index in [1.54, 1.807) is 0 Å². The third-order valence-electron chi connectivity index (χ3n) is 4.74. The summed E-state index contributed by atoms with van der Waals surface area (Å²) in [5, 5.41) is 5.23. The Morgan fingerprint density at radius 2 is 1.65 bits per heavy atom. The van der Waals surface area contributed by atoms with Gasteiger partial charge >= 0.3 is 11.8 Å². The third-order valence-corrected chi connectivity index (χ3v) is 4.74. The van der Waals surface area contributed by atoms with Crippen molar-refractivity contribution in [2.75, 3.05) is 26.3 Å². The smallest absolute Gasteiger partial charge is 0.309 e. The first-order chi connectivity index (χ1) is 11.2. The molecule has 3 rings (SSSR count). The van der Waals surface area contributed by atoms with Gasteiger partial charge in [0.05, 0.1) is 12.7 Å². The second-order valence-corrected chi connectivity index (χ2v) is 6.58. The van der Waals surface area contributed by atoms with Crippen LogP contribution in [0.25, 0.3) is 0 Å². The van der Waals surface area contributed by atoms with Gasteiger partial charge in [0.15, 0.2) is 5.79 Å². The van der Waals surface area contributed by atoms with Crippen LogP contribution >= 0.6 is 0 Å². The highest BCUT2D eigenvalue weighted by Gasteiger charge is 2.42. The van der Waals surface area contributed by atoms with Crippen molar-refractivity contribution in [1.29, 1.82) is 0 Å². The van der Waals surface area contributed by atoms with Crippen LogP contribution in [0, 0.1) is 0 Å². The maximum absolute atomic E-state index is 11.8. The van der Waals surface area contributed by atoms with Gasteiger partial charge in [-0.1, -0.05) is 6.42 Å². The van der Waals surface area contributed by atoms with Crippen LogP contribution in [0.1, 0.15) is 44.9 Å². The van der Waals surface area contributed by atoms with Crippen LogP contribution in [-0.2, 0) is 23.8 Å². The summed E-state index contributed by atoms with van der Waals surface area (Å²) in [5.74, 6) is -1.70. The fourth-order valence-electron chi connectivity index (χ4n) is 3.45. The van der Waals surface area contributed by atoms with Crippen LogP contribution in [0.4, 0.5) is 0 Å². The summed E-state index contributed by atoms with van der Waals surface area (Å²) in [6.45, 7) is 1.89. The van der Waals surface area contributed by atoms with Gasteiger partial charge in [-0.05, 0) is 25.7 Å². The standard InChI is InChI=1S/C16H26N2O5/c19-14(17-9-12-5-4-8-21-12)15(20)18-10-13-11-22-16(23-13)6-2-1-3-7-16/h12-13H,1-11H2,(H,17,19)(H,18,20). The zero-order valence-electron chi connectivity index (χ0n) is 13.5. The van der Waals surface area contributed by atoms with Crippen molar-refractivity contribution in [3.8, 4) is 0 Å². The maximum atomic E-state index is 11.8. The van der Waals surface area contributed by atoms with E-state index in [0.29, 0.717) is 19.7 Å². The van der Waals surface area contributed by atoms with E-state index in [9.17, 15) is 9.59 Å². The molecule has 0 aromatic heterocycles. The average Bonchev–Trinajstić information content (AvgIpc) is 3.21. The van der Waals surface area contributed by atoms with Gasteiger partial charge in [-0.3, -0.25) is 9.59 Å². The molecule has 3 aliphatic rings. The SMILES string of the molecule is O=C(NCC1CCCO1)C(=O)NCC1COC2(CCCCC2)O1. The lowest BCUT2D eigenvalue weighted by atomic mass is 9.94. The lowest BCUT2D eigenvalue weighted by Crippen LogP contribution is -2.45. The Morgan fingerprint density at radius 3 is 2.30 bits per heavy atom. The van der Waals surface area contributed by atoms with Crippen LogP contribution in [0.15, 0.2) is 0 Å². The van der Waals surface area contributed by atoms with Crippen LogP contribution in [-0.4, -0.2) is 56.1 Å². The van der Waals surface area contributed by atoms with Gasteiger partial charge < -0.3 is 24.8 Å². The number of nitrogens with one attached hydrogen (secondary N) is 2. The fraction of sp³-hybridized carbons (Fsp3) is 0.875. The van der Waals surface area contributed by atoms with Crippen molar-refractivity contribution in [2.24, 2.45) is 0 Å². The molecule has 2 atom stereocenters. The van der Waals surface area contributed by atoms with E-state index in [0.717, 1.165) is 45.1 Å². The number of rotatable bonds is 4. The van der Waals surface area contributed by atoms with Crippen LogP contribution in [0.3, 0.4) is 0 Å². The Kier molecular flexibility index (Phi) is 5.50. The van der Waals surface area contributed by atoms with Crippen molar-refractivity contribution in [3.63, 3.8) is 0 Å². The molecule has 0 bridgehead atoms. The second kappa shape index (κ2) is 7.59.